The number of hydrazone groups is 1. The average molecular weight is 457 g/mol. The summed E-state index contributed by atoms with van der Waals surface area (Å²) >= 11 is 6.01. The highest BCUT2D eigenvalue weighted by molar-refractivity contribution is 6.35. The monoisotopic (exact) mass is 456 g/mol. The van der Waals surface area contributed by atoms with Gasteiger partial charge in [0.1, 0.15) is 5.75 Å². The van der Waals surface area contributed by atoms with Crippen molar-refractivity contribution >= 4 is 41.2 Å². The molecule has 3 amide bonds. The van der Waals surface area contributed by atoms with E-state index in [-0.39, 0.29) is 18.6 Å². The number of amides is 3. The Balaban J connectivity index is 1.40. The van der Waals surface area contributed by atoms with Gasteiger partial charge in [0.2, 0.25) is 0 Å². The summed E-state index contributed by atoms with van der Waals surface area (Å²) in [5.41, 5.74) is 3.43. The topological polar surface area (TPSA) is 109 Å². The molecule has 1 fully saturated rings. The molecule has 0 spiro atoms. The minimum absolute atomic E-state index is 0.0604. The summed E-state index contributed by atoms with van der Waals surface area (Å²) in [6.45, 7) is -0.176. The Morgan fingerprint density at radius 2 is 1.72 bits per heavy atom. The molecule has 0 radical (unpaired) electrons. The van der Waals surface area contributed by atoms with Crippen LogP contribution in [0.25, 0.3) is 0 Å². The van der Waals surface area contributed by atoms with Crippen LogP contribution >= 0.6 is 11.6 Å². The van der Waals surface area contributed by atoms with Gasteiger partial charge in [0.15, 0.2) is 6.61 Å². The van der Waals surface area contributed by atoms with Gasteiger partial charge >= 0.3 is 11.8 Å². The molecule has 0 aromatic heterocycles. The third-order valence-electron chi connectivity index (χ3n) is 4.92. The van der Waals surface area contributed by atoms with Gasteiger partial charge in [-0.05, 0) is 54.8 Å². The molecule has 0 atom stereocenters. The molecule has 168 valence electrons. The lowest BCUT2D eigenvalue weighted by molar-refractivity contribution is -0.139. The molecular weight excluding hydrogens is 432 g/mol. The minimum atomic E-state index is -0.795. The summed E-state index contributed by atoms with van der Waals surface area (Å²) < 4.78 is 5.46. The second-order valence-corrected chi connectivity index (χ2v) is 7.80. The van der Waals surface area contributed by atoms with Crippen molar-refractivity contribution in [3.05, 3.63) is 59.1 Å². The van der Waals surface area contributed by atoms with Crippen molar-refractivity contribution in [1.82, 2.24) is 10.7 Å². The lowest BCUT2D eigenvalue weighted by atomic mass is 9.95. The number of nitrogens with zero attached hydrogens (tertiary/aromatic N) is 1. The largest absolute Gasteiger partial charge is 0.484 e. The number of carbonyl (C=O) groups excluding carboxylic acids is 3. The Kier molecular flexibility index (Phi) is 8.62. The van der Waals surface area contributed by atoms with Crippen LogP contribution in [0.5, 0.6) is 5.75 Å². The molecule has 0 heterocycles. The van der Waals surface area contributed by atoms with Gasteiger partial charge in [-0.2, -0.15) is 5.10 Å². The van der Waals surface area contributed by atoms with E-state index in [0.717, 1.165) is 25.7 Å². The van der Waals surface area contributed by atoms with Crippen LogP contribution in [-0.4, -0.2) is 36.6 Å². The molecule has 8 nitrogen and oxygen atoms in total. The number of hydrogen-bond donors (Lipinski definition) is 3. The van der Waals surface area contributed by atoms with Gasteiger partial charge in [-0.1, -0.05) is 43.0 Å². The fraction of sp³-hybridized carbons (Fsp3) is 0.304. The van der Waals surface area contributed by atoms with Crippen LogP contribution in [0.1, 0.15) is 37.7 Å². The minimum Gasteiger partial charge on any atom is -0.484 e. The summed E-state index contributed by atoms with van der Waals surface area (Å²) in [7, 11) is 0. The van der Waals surface area contributed by atoms with Crippen molar-refractivity contribution in [2.24, 2.45) is 5.10 Å². The molecule has 0 saturated heterocycles. The van der Waals surface area contributed by atoms with Gasteiger partial charge in [0.05, 0.1) is 16.9 Å². The van der Waals surface area contributed by atoms with E-state index in [4.69, 9.17) is 16.3 Å². The van der Waals surface area contributed by atoms with Crippen molar-refractivity contribution in [3.63, 3.8) is 0 Å². The third-order valence-corrected chi connectivity index (χ3v) is 5.25. The number of rotatable bonds is 7. The highest BCUT2D eigenvalue weighted by Gasteiger charge is 2.19. The summed E-state index contributed by atoms with van der Waals surface area (Å²) in [6, 6.07) is 13.7. The zero-order valence-electron chi connectivity index (χ0n) is 17.5. The first-order valence-corrected chi connectivity index (χ1v) is 10.8. The fourth-order valence-electron chi connectivity index (χ4n) is 3.26. The Bertz CT molecular complexity index is 972. The average Bonchev–Trinajstić information content (AvgIpc) is 2.80. The van der Waals surface area contributed by atoms with E-state index in [9.17, 15) is 14.4 Å². The first kappa shape index (κ1) is 23.3. The standard InChI is InChI=1S/C23H25ClN4O4/c24-19-8-4-5-9-20(19)27-21(29)15-32-18-12-10-16(11-13-18)14-25-28-23(31)22(30)26-17-6-2-1-3-7-17/h4-5,8-14,17H,1-3,6-7,15H2,(H,26,30)(H,27,29)(H,28,31)/b25-14-. The number of benzene rings is 2. The third kappa shape index (κ3) is 7.39. The van der Waals surface area contributed by atoms with Crippen LogP contribution in [0.4, 0.5) is 5.69 Å². The number of anilines is 1. The van der Waals surface area contributed by atoms with E-state index in [1.165, 1.54) is 12.6 Å². The van der Waals surface area contributed by atoms with Crippen LogP contribution in [-0.2, 0) is 14.4 Å². The highest BCUT2D eigenvalue weighted by Crippen LogP contribution is 2.20. The van der Waals surface area contributed by atoms with E-state index in [1.54, 1.807) is 48.5 Å². The highest BCUT2D eigenvalue weighted by atomic mass is 35.5. The number of ether oxygens (including phenoxy) is 1. The van der Waals surface area contributed by atoms with E-state index >= 15 is 0 Å². The van der Waals surface area contributed by atoms with Gasteiger partial charge in [-0.3, -0.25) is 14.4 Å². The van der Waals surface area contributed by atoms with Crippen LogP contribution in [0.3, 0.4) is 0 Å². The van der Waals surface area contributed by atoms with Gasteiger partial charge in [-0.15, -0.1) is 0 Å². The number of nitrogens with one attached hydrogen (secondary N) is 3. The Morgan fingerprint density at radius 1 is 1.00 bits per heavy atom. The zero-order valence-corrected chi connectivity index (χ0v) is 18.2. The van der Waals surface area contributed by atoms with Gasteiger partial charge in [0, 0.05) is 6.04 Å². The Morgan fingerprint density at radius 3 is 2.44 bits per heavy atom. The quantitative estimate of drug-likeness (QED) is 0.337. The maximum absolute atomic E-state index is 12.0. The van der Waals surface area contributed by atoms with Crippen LogP contribution in [0.15, 0.2) is 53.6 Å². The number of para-hydroxylation sites is 1. The lowest BCUT2D eigenvalue weighted by Crippen LogP contribution is -2.44. The molecule has 0 unspecified atom stereocenters. The van der Waals surface area contributed by atoms with Gasteiger partial charge in [-0.25, -0.2) is 5.43 Å². The predicted octanol–water partition coefficient (Wildman–Crippen LogP) is 3.26. The molecule has 0 aliphatic heterocycles. The molecule has 2 aromatic rings. The molecule has 9 heteroatoms. The molecular formula is C23H25ClN4O4. The molecule has 32 heavy (non-hydrogen) atoms. The summed E-state index contributed by atoms with van der Waals surface area (Å²) in [6.07, 6.45) is 6.52. The van der Waals surface area contributed by atoms with E-state index in [0.29, 0.717) is 22.0 Å². The van der Waals surface area contributed by atoms with E-state index in [1.807, 2.05) is 0 Å². The van der Waals surface area contributed by atoms with Crippen molar-refractivity contribution < 1.29 is 19.1 Å². The molecule has 3 rings (SSSR count). The predicted molar refractivity (Wildman–Crippen MR) is 123 cm³/mol. The first-order chi connectivity index (χ1) is 15.5. The van der Waals surface area contributed by atoms with Crippen LogP contribution in [0.2, 0.25) is 5.02 Å². The summed E-state index contributed by atoms with van der Waals surface area (Å²) in [4.78, 5) is 35.8. The molecule has 0 bridgehead atoms. The Hall–Kier alpha value is -3.39. The molecule has 3 N–H and O–H groups in total. The second kappa shape index (κ2) is 11.9. The fourth-order valence-corrected chi connectivity index (χ4v) is 3.44. The number of halogens is 1. The van der Waals surface area contributed by atoms with Crippen molar-refractivity contribution in [2.75, 3.05) is 11.9 Å². The normalized spacial score (nSPS) is 14.0. The van der Waals surface area contributed by atoms with E-state index in [2.05, 4.69) is 21.2 Å². The molecule has 1 aliphatic carbocycles. The van der Waals surface area contributed by atoms with Crippen LogP contribution < -0.4 is 20.8 Å². The summed E-state index contributed by atoms with van der Waals surface area (Å²) in [5, 5.41) is 9.67. The van der Waals surface area contributed by atoms with Crippen molar-refractivity contribution in [3.8, 4) is 5.75 Å². The maximum atomic E-state index is 12.0. The first-order valence-electron chi connectivity index (χ1n) is 10.4. The van der Waals surface area contributed by atoms with E-state index < -0.39 is 11.8 Å². The SMILES string of the molecule is O=C(COc1ccc(/C=N\NC(=O)C(=O)NC2CCCCC2)cc1)Nc1ccccc1Cl. The second-order valence-electron chi connectivity index (χ2n) is 7.39. The lowest BCUT2D eigenvalue weighted by Gasteiger charge is -2.22. The molecule has 2 aromatic carbocycles. The molecule has 1 aliphatic rings. The zero-order chi connectivity index (χ0) is 22.8. The van der Waals surface area contributed by atoms with Crippen LogP contribution in [0, 0.1) is 0 Å². The Labute approximate surface area is 191 Å². The number of carbonyl (C=O) groups is 3. The smallest absolute Gasteiger partial charge is 0.329 e. The van der Waals surface area contributed by atoms with Gasteiger partial charge < -0.3 is 15.4 Å². The van der Waals surface area contributed by atoms with Crippen molar-refractivity contribution in [1.29, 1.82) is 0 Å². The van der Waals surface area contributed by atoms with Gasteiger partial charge in [0.25, 0.3) is 5.91 Å². The summed E-state index contributed by atoms with van der Waals surface area (Å²) in [5.74, 6) is -1.31. The van der Waals surface area contributed by atoms with Crippen molar-refractivity contribution in [2.45, 2.75) is 38.1 Å². The maximum Gasteiger partial charge on any atom is 0.329 e. The number of hydrogen-bond acceptors (Lipinski definition) is 5. The molecule has 1 saturated carbocycles.